The van der Waals surface area contributed by atoms with Crippen LogP contribution >= 0.6 is 27.3 Å². The Balaban J connectivity index is 2.12. The zero-order chi connectivity index (χ0) is 14.8. The summed E-state index contributed by atoms with van der Waals surface area (Å²) in [6.07, 6.45) is 1.10. The number of aromatic nitrogens is 2. The summed E-state index contributed by atoms with van der Waals surface area (Å²) >= 11 is 5.42. The van der Waals surface area contributed by atoms with Crippen LogP contribution in [0.15, 0.2) is 40.2 Å². The molecule has 0 radical (unpaired) electrons. The van der Waals surface area contributed by atoms with Crippen LogP contribution in [0.5, 0.6) is 0 Å². The van der Waals surface area contributed by atoms with Crippen molar-refractivity contribution < 1.29 is 0 Å². The molecule has 0 aliphatic carbocycles. The molecule has 0 saturated heterocycles. The molecule has 0 aliphatic rings. The number of para-hydroxylation sites is 1. The Morgan fingerprint density at radius 2 is 2.14 bits per heavy atom. The van der Waals surface area contributed by atoms with Gasteiger partial charge < -0.3 is 5.32 Å². The molecule has 1 N–H and O–H groups in total. The van der Waals surface area contributed by atoms with Crippen LogP contribution in [0.3, 0.4) is 0 Å². The smallest absolute Gasteiger partial charge is 0.0926 e. The summed E-state index contributed by atoms with van der Waals surface area (Å²) in [6.45, 7) is 3.16. The number of aryl methyl sites for hydroxylation is 1. The van der Waals surface area contributed by atoms with Crippen LogP contribution in [0.1, 0.15) is 30.0 Å². The van der Waals surface area contributed by atoms with Gasteiger partial charge in [-0.2, -0.15) is 5.10 Å². The number of hydrogen-bond acceptors (Lipinski definition) is 3. The quantitative estimate of drug-likeness (QED) is 0.723. The van der Waals surface area contributed by atoms with Gasteiger partial charge in [-0.05, 0) is 46.4 Å². The van der Waals surface area contributed by atoms with E-state index in [4.69, 9.17) is 5.10 Å². The highest BCUT2D eigenvalue weighted by atomic mass is 79.9. The lowest BCUT2D eigenvalue weighted by molar-refractivity contribution is 0.584. The number of rotatable bonds is 5. The van der Waals surface area contributed by atoms with E-state index in [2.05, 4.69) is 63.9 Å². The molecule has 110 valence electrons. The van der Waals surface area contributed by atoms with Crippen LogP contribution in [0.25, 0.3) is 10.9 Å². The molecule has 1 unspecified atom stereocenters. The van der Waals surface area contributed by atoms with E-state index >= 15 is 0 Å². The number of nitrogens with zero attached hydrogens (tertiary/aromatic N) is 2. The zero-order valence-electron chi connectivity index (χ0n) is 12.1. The summed E-state index contributed by atoms with van der Waals surface area (Å²) in [5.74, 6) is 0. The Morgan fingerprint density at radius 1 is 1.33 bits per heavy atom. The predicted octanol–water partition coefficient (Wildman–Crippen LogP) is 4.49. The first-order valence-corrected chi connectivity index (χ1v) is 8.77. The fraction of sp³-hybridized carbons (Fsp3) is 0.312. The molecule has 2 aromatic heterocycles. The lowest BCUT2D eigenvalue weighted by atomic mass is 10.1. The van der Waals surface area contributed by atoms with Gasteiger partial charge in [0.25, 0.3) is 0 Å². The van der Waals surface area contributed by atoms with E-state index in [9.17, 15) is 0 Å². The third-order valence-electron chi connectivity index (χ3n) is 3.57. The van der Waals surface area contributed by atoms with Gasteiger partial charge in [-0.1, -0.05) is 25.1 Å². The molecule has 21 heavy (non-hydrogen) atoms. The van der Waals surface area contributed by atoms with Crippen molar-refractivity contribution in [2.24, 2.45) is 7.05 Å². The normalized spacial score (nSPS) is 12.9. The van der Waals surface area contributed by atoms with Gasteiger partial charge in [0, 0.05) is 21.8 Å². The summed E-state index contributed by atoms with van der Waals surface area (Å²) in [5, 5.41) is 11.8. The number of fused-ring (bicyclic) bond motifs is 1. The fourth-order valence-corrected chi connectivity index (χ4v) is 4.25. The molecule has 0 fully saturated rings. The van der Waals surface area contributed by atoms with Gasteiger partial charge in [-0.25, -0.2) is 0 Å². The summed E-state index contributed by atoms with van der Waals surface area (Å²) in [6, 6.07) is 10.6. The molecule has 0 saturated carbocycles. The van der Waals surface area contributed by atoms with Crippen molar-refractivity contribution in [1.82, 2.24) is 15.1 Å². The largest absolute Gasteiger partial charge is 0.304 e. The second-order valence-electron chi connectivity index (χ2n) is 5.05. The number of benzene rings is 1. The average Bonchev–Trinajstić information content (AvgIpc) is 3.06. The molecule has 3 rings (SSSR count). The van der Waals surface area contributed by atoms with E-state index in [0.717, 1.165) is 23.1 Å². The minimum absolute atomic E-state index is 0.130. The van der Waals surface area contributed by atoms with E-state index < -0.39 is 0 Å². The van der Waals surface area contributed by atoms with Crippen LogP contribution in [0, 0.1) is 0 Å². The standard InChI is InChI=1S/C16H18BrN3S/c1-3-9-18-15(16-12(17)8-10-21-16)14-11-6-4-5-7-13(11)20(2)19-14/h4-8,10,15,18H,3,9H2,1-2H3. The Morgan fingerprint density at radius 3 is 2.86 bits per heavy atom. The van der Waals surface area contributed by atoms with Gasteiger partial charge in [-0.3, -0.25) is 4.68 Å². The second-order valence-corrected chi connectivity index (χ2v) is 6.85. The van der Waals surface area contributed by atoms with Crippen molar-refractivity contribution in [2.45, 2.75) is 19.4 Å². The fourth-order valence-electron chi connectivity index (χ4n) is 2.57. The monoisotopic (exact) mass is 363 g/mol. The van der Waals surface area contributed by atoms with Crippen LogP contribution in [-0.4, -0.2) is 16.3 Å². The number of hydrogen-bond donors (Lipinski definition) is 1. The van der Waals surface area contributed by atoms with E-state index in [1.807, 2.05) is 11.7 Å². The average molecular weight is 364 g/mol. The Kier molecular flexibility index (Phi) is 4.42. The van der Waals surface area contributed by atoms with Crippen molar-refractivity contribution in [1.29, 1.82) is 0 Å². The number of halogens is 1. The van der Waals surface area contributed by atoms with Crippen molar-refractivity contribution in [2.75, 3.05) is 6.54 Å². The van der Waals surface area contributed by atoms with E-state index in [-0.39, 0.29) is 6.04 Å². The van der Waals surface area contributed by atoms with Crippen LogP contribution in [0.4, 0.5) is 0 Å². The zero-order valence-corrected chi connectivity index (χ0v) is 14.5. The maximum atomic E-state index is 4.78. The Labute approximate surface area is 137 Å². The third-order valence-corrected chi connectivity index (χ3v) is 5.50. The first-order chi connectivity index (χ1) is 10.2. The molecule has 1 atom stereocenters. The molecule has 0 spiro atoms. The molecule has 2 heterocycles. The molecule has 0 amide bonds. The second kappa shape index (κ2) is 6.30. The lowest BCUT2D eigenvalue weighted by Gasteiger charge is -2.16. The van der Waals surface area contributed by atoms with Gasteiger partial charge in [0.05, 0.1) is 17.3 Å². The maximum Gasteiger partial charge on any atom is 0.0926 e. The number of thiophene rings is 1. The lowest BCUT2D eigenvalue weighted by Crippen LogP contribution is -2.23. The van der Waals surface area contributed by atoms with Gasteiger partial charge in [0.2, 0.25) is 0 Å². The van der Waals surface area contributed by atoms with Gasteiger partial charge in [0.1, 0.15) is 0 Å². The summed E-state index contributed by atoms with van der Waals surface area (Å²) in [5.41, 5.74) is 2.27. The highest BCUT2D eigenvalue weighted by Gasteiger charge is 2.23. The Bertz CT molecular complexity index is 747. The first kappa shape index (κ1) is 14.8. The first-order valence-electron chi connectivity index (χ1n) is 7.10. The minimum atomic E-state index is 0.130. The van der Waals surface area contributed by atoms with Crippen molar-refractivity contribution in [3.05, 3.63) is 50.8 Å². The SMILES string of the molecule is CCCNC(c1sccc1Br)c1nn(C)c2ccccc12. The molecular formula is C16H18BrN3S. The third kappa shape index (κ3) is 2.78. The van der Waals surface area contributed by atoms with E-state index in [1.165, 1.54) is 15.8 Å². The number of nitrogens with one attached hydrogen (secondary N) is 1. The Hall–Kier alpha value is -1.17. The molecule has 0 bridgehead atoms. The van der Waals surface area contributed by atoms with Gasteiger partial charge in [-0.15, -0.1) is 11.3 Å². The highest BCUT2D eigenvalue weighted by Crippen LogP contribution is 2.35. The molecule has 5 heteroatoms. The molecular weight excluding hydrogens is 346 g/mol. The summed E-state index contributed by atoms with van der Waals surface area (Å²) in [7, 11) is 2.01. The molecule has 3 nitrogen and oxygen atoms in total. The molecule has 0 aliphatic heterocycles. The molecule has 1 aromatic carbocycles. The minimum Gasteiger partial charge on any atom is -0.304 e. The van der Waals surface area contributed by atoms with Gasteiger partial charge in [0.15, 0.2) is 0 Å². The summed E-state index contributed by atoms with van der Waals surface area (Å²) < 4.78 is 3.11. The van der Waals surface area contributed by atoms with Crippen LogP contribution in [0.2, 0.25) is 0 Å². The van der Waals surface area contributed by atoms with E-state index in [1.54, 1.807) is 11.3 Å². The van der Waals surface area contributed by atoms with Crippen molar-refractivity contribution in [3.63, 3.8) is 0 Å². The van der Waals surface area contributed by atoms with Crippen LogP contribution < -0.4 is 5.32 Å². The van der Waals surface area contributed by atoms with Crippen molar-refractivity contribution >= 4 is 38.2 Å². The topological polar surface area (TPSA) is 29.9 Å². The van der Waals surface area contributed by atoms with E-state index in [0.29, 0.717) is 0 Å². The maximum absolute atomic E-state index is 4.78. The van der Waals surface area contributed by atoms with Crippen LogP contribution in [-0.2, 0) is 7.05 Å². The molecule has 3 aromatic rings. The summed E-state index contributed by atoms with van der Waals surface area (Å²) in [4.78, 5) is 1.28. The highest BCUT2D eigenvalue weighted by molar-refractivity contribution is 9.10. The predicted molar refractivity (Wildman–Crippen MR) is 92.9 cm³/mol. The van der Waals surface area contributed by atoms with Crippen molar-refractivity contribution in [3.8, 4) is 0 Å². The van der Waals surface area contributed by atoms with Gasteiger partial charge >= 0.3 is 0 Å².